The number of carbonyl (C=O) groups excluding carboxylic acids is 1. The van der Waals surface area contributed by atoms with Gasteiger partial charge in [0.2, 0.25) is 11.8 Å². The quantitative estimate of drug-likeness (QED) is 0.636. The molecule has 3 heterocycles. The summed E-state index contributed by atoms with van der Waals surface area (Å²) < 4.78 is 29.6. The molecule has 1 saturated heterocycles. The Morgan fingerprint density at radius 1 is 1.17 bits per heavy atom. The highest BCUT2D eigenvalue weighted by atomic mass is 32.2. The average molecular weight is 437 g/mol. The summed E-state index contributed by atoms with van der Waals surface area (Å²) in [5, 5.41) is 8.34. The van der Waals surface area contributed by atoms with Gasteiger partial charge in [-0.15, -0.1) is 10.2 Å². The number of sulfone groups is 1. The maximum absolute atomic E-state index is 13.1. The number of hydrogen-bond donors (Lipinski definition) is 0. The molecular weight excluding hydrogens is 412 g/mol. The molecule has 10 heteroatoms. The van der Waals surface area contributed by atoms with Gasteiger partial charge in [-0.25, -0.2) is 8.42 Å². The van der Waals surface area contributed by atoms with Gasteiger partial charge in [0, 0.05) is 24.5 Å². The van der Waals surface area contributed by atoms with Gasteiger partial charge in [0.25, 0.3) is 5.22 Å². The minimum Gasteiger partial charge on any atom is -0.411 e. The molecule has 0 N–H and O–H groups in total. The van der Waals surface area contributed by atoms with Crippen LogP contribution in [-0.4, -0.2) is 63.7 Å². The van der Waals surface area contributed by atoms with E-state index in [0.29, 0.717) is 17.5 Å². The van der Waals surface area contributed by atoms with E-state index in [1.165, 1.54) is 18.2 Å². The molecular formula is C19H24N4O4S2. The second kappa shape index (κ2) is 8.83. The van der Waals surface area contributed by atoms with E-state index in [0.717, 1.165) is 31.2 Å². The Balaban J connectivity index is 1.43. The number of thioether (sulfide) groups is 1. The third-order valence-corrected chi connectivity index (χ3v) is 8.05. The van der Waals surface area contributed by atoms with Crippen LogP contribution in [0.2, 0.25) is 0 Å². The molecule has 4 rings (SSSR count). The van der Waals surface area contributed by atoms with Crippen molar-refractivity contribution in [1.82, 2.24) is 20.1 Å². The summed E-state index contributed by atoms with van der Waals surface area (Å²) in [6.07, 6.45) is 9.06. The van der Waals surface area contributed by atoms with Crippen molar-refractivity contribution in [3.05, 3.63) is 24.5 Å². The summed E-state index contributed by atoms with van der Waals surface area (Å²) in [4.78, 5) is 19.0. The number of pyridine rings is 1. The summed E-state index contributed by atoms with van der Waals surface area (Å²) in [6, 6.07) is 3.52. The van der Waals surface area contributed by atoms with Gasteiger partial charge in [-0.3, -0.25) is 9.78 Å². The maximum atomic E-state index is 13.1. The SMILES string of the molecule is O=C(CSc1nnc(-c2cccnc2)o1)N(C1CCCCC1)[C@H]1CCS(=O)(=O)C1. The van der Waals surface area contributed by atoms with Crippen molar-refractivity contribution in [3.63, 3.8) is 0 Å². The van der Waals surface area contributed by atoms with E-state index in [1.807, 2.05) is 11.0 Å². The van der Waals surface area contributed by atoms with E-state index < -0.39 is 9.84 Å². The predicted molar refractivity (Wildman–Crippen MR) is 109 cm³/mol. The van der Waals surface area contributed by atoms with Gasteiger partial charge in [-0.05, 0) is 31.4 Å². The molecule has 1 aliphatic carbocycles. The highest BCUT2D eigenvalue weighted by Gasteiger charge is 2.38. The molecule has 0 spiro atoms. The topological polar surface area (TPSA) is 106 Å². The fraction of sp³-hybridized carbons (Fsp3) is 0.579. The zero-order valence-electron chi connectivity index (χ0n) is 16.1. The van der Waals surface area contributed by atoms with Gasteiger partial charge in [-0.2, -0.15) is 0 Å². The smallest absolute Gasteiger partial charge is 0.277 e. The highest BCUT2D eigenvalue weighted by molar-refractivity contribution is 7.99. The largest absolute Gasteiger partial charge is 0.411 e. The lowest BCUT2D eigenvalue weighted by molar-refractivity contribution is -0.133. The van der Waals surface area contributed by atoms with Gasteiger partial charge >= 0.3 is 0 Å². The fourth-order valence-corrected chi connectivity index (χ4v) is 6.48. The van der Waals surface area contributed by atoms with Crippen molar-refractivity contribution in [3.8, 4) is 11.5 Å². The third kappa shape index (κ3) is 4.98. The first kappa shape index (κ1) is 20.3. The Kier molecular flexibility index (Phi) is 6.19. The Morgan fingerprint density at radius 2 is 2.00 bits per heavy atom. The number of rotatable bonds is 6. The number of nitrogens with zero attached hydrogens (tertiary/aromatic N) is 4. The van der Waals surface area contributed by atoms with Crippen molar-refractivity contribution in [2.75, 3.05) is 17.3 Å². The molecule has 1 amide bonds. The molecule has 1 saturated carbocycles. The van der Waals surface area contributed by atoms with Crippen LogP contribution in [0, 0.1) is 0 Å². The molecule has 1 atom stereocenters. The number of amides is 1. The summed E-state index contributed by atoms with van der Waals surface area (Å²) in [7, 11) is -3.05. The van der Waals surface area contributed by atoms with E-state index in [2.05, 4.69) is 15.2 Å². The molecule has 29 heavy (non-hydrogen) atoms. The van der Waals surface area contributed by atoms with Crippen molar-refractivity contribution in [2.45, 2.75) is 55.8 Å². The molecule has 2 aromatic heterocycles. The van der Waals surface area contributed by atoms with E-state index >= 15 is 0 Å². The predicted octanol–water partition coefficient (Wildman–Crippen LogP) is 2.57. The van der Waals surface area contributed by atoms with Crippen molar-refractivity contribution >= 4 is 27.5 Å². The molecule has 0 unspecified atom stereocenters. The second-order valence-corrected chi connectivity index (χ2v) is 10.7. The van der Waals surface area contributed by atoms with Crippen LogP contribution in [0.1, 0.15) is 38.5 Å². The zero-order chi connectivity index (χ0) is 20.3. The first-order chi connectivity index (χ1) is 14.0. The molecule has 2 aromatic rings. The first-order valence-corrected chi connectivity index (χ1v) is 12.7. The molecule has 1 aliphatic heterocycles. The van der Waals surface area contributed by atoms with Crippen LogP contribution in [0.3, 0.4) is 0 Å². The number of hydrogen-bond acceptors (Lipinski definition) is 8. The molecule has 0 aromatic carbocycles. The first-order valence-electron chi connectivity index (χ1n) is 9.90. The maximum Gasteiger partial charge on any atom is 0.277 e. The molecule has 0 radical (unpaired) electrons. The Bertz CT molecular complexity index is 942. The highest BCUT2D eigenvalue weighted by Crippen LogP contribution is 2.30. The van der Waals surface area contributed by atoms with Crippen LogP contribution in [0.4, 0.5) is 0 Å². The van der Waals surface area contributed by atoms with Gasteiger partial charge in [0.1, 0.15) is 0 Å². The van der Waals surface area contributed by atoms with Crippen LogP contribution in [0.15, 0.2) is 34.2 Å². The molecule has 8 nitrogen and oxygen atoms in total. The van der Waals surface area contributed by atoms with Crippen LogP contribution in [-0.2, 0) is 14.6 Å². The second-order valence-electron chi connectivity index (χ2n) is 7.55. The Hall–Kier alpha value is -1.94. The third-order valence-electron chi connectivity index (χ3n) is 5.49. The van der Waals surface area contributed by atoms with E-state index in [-0.39, 0.29) is 35.2 Å². The number of carbonyl (C=O) groups is 1. The van der Waals surface area contributed by atoms with E-state index in [9.17, 15) is 13.2 Å². The Morgan fingerprint density at radius 3 is 2.69 bits per heavy atom. The van der Waals surface area contributed by atoms with Crippen LogP contribution < -0.4 is 0 Å². The zero-order valence-corrected chi connectivity index (χ0v) is 17.7. The van der Waals surface area contributed by atoms with Crippen LogP contribution in [0.25, 0.3) is 11.5 Å². The van der Waals surface area contributed by atoms with Crippen molar-refractivity contribution in [1.29, 1.82) is 0 Å². The molecule has 2 aliphatic rings. The van der Waals surface area contributed by atoms with Crippen molar-refractivity contribution in [2.24, 2.45) is 0 Å². The summed E-state index contributed by atoms with van der Waals surface area (Å²) in [6.45, 7) is 0. The summed E-state index contributed by atoms with van der Waals surface area (Å²) in [5.41, 5.74) is 0.721. The lowest BCUT2D eigenvalue weighted by Gasteiger charge is -2.38. The van der Waals surface area contributed by atoms with Gasteiger partial charge in [-0.1, -0.05) is 31.0 Å². The molecule has 2 fully saturated rings. The summed E-state index contributed by atoms with van der Waals surface area (Å²) >= 11 is 1.19. The van der Waals surface area contributed by atoms with Crippen molar-refractivity contribution < 1.29 is 17.6 Å². The number of aromatic nitrogens is 3. The monoisotopic (exact) mass is 436 g/mol. The van der Waals surface area contributed by atoms with Gasteiger partial charge in [0.15, 0.2) is 9.84 Å². The lowest BCUT2D eigenvalue weighted by atomic mass is 9.93. The van der Waals surface area contributed by atoms with E-state index in [4.69, 9.17) is 4.42 Å². The van der Waals surface area contributed by atoms with E-state index in [1.54, 1.807) is 18.5 Å². The minimum atomic E-state index is -3.05. The van der Waals surface area contributed by atoms with Crippen LogP contribution >= 0.6 is 11.8 Å². The lowest BCUT2D eigenvalue weighted by Crippen LogP contribution is -2.49. The van der Waals surface area contributed by atoms with Gasteiger partial charge in [0.05, 0.1) is 22.8 Å². The van der Waals surface area contributed by atoms with Gasteiger partial charge < -0.3 is 9.32 Å². The summed E-state index contributed by atoms with van der Waals surface area (Å²) in [5.74, 6) is 0.705. The molecule has 156 valence electrons. The Labute approximate surface area is 174 Å². The normalized spacial score (nSPS) is 21.9. The van der Waals surface area contributed by atoms with Crippen LogP contribution in [0.5, 0.6) is 0 Å². The molecule has 0 bridgehead atoms. The minimum absolute atomic E-state index is 0.0508. The standard InChI is InChI=1S/C19H24N4O4S2/c24-17(12-28-19-22-21-18(27-19)14-5-4-9-20-11-14)23(15-6-2-1-3-7-15)16-8-10-29(25,26)13-16/h4-5,9,11,15-16H,1-3,6-8,10,12-13H2/t16-/m0/s1. The fourth-order valence-electron chi connectivity index (χ4n) is 4.13. The average Bonchev–Trinajstić information content (AvgIpc) is 3.34.